The summed E-state index contributed by atoms with van der Waals surface area (Å²) < 4.78 is 18.0. The van der Waals surface area contributed by atoms with Gasteiger partial charge in [0.15, 0.2) is 17.1 Å². The fraction of sp³-hybridized carbons (Fsp3) is 0.381. The SMILES string of the molecule is COc1ccc(CN2CCCC(n3c(=O)oc4ccccc43)C2)cc1OC. The lowest BCUT2D eigenvalue weighted by molar-refractivity contribution is 0.167. The van der Waals surface area contributed by atoms with Gasteiger partial charge >= 0.3 is 5.76 Å². The Hall–Kier alpha value is -2.73. The van der Waals surface area contributed by atoms with Gasteiger partial charge in [-0.2, -0.15) is 0 Å². The van der Waals surface area contributed by atoms with Crippen LogP contribution in [0.1, 0.15) is 24.4 Å². The van der Waals surface area contributed by atoms with Gasteiger partial charge in [-0.1, -0.05) is 18.2 Å². The number of ether oxygens (including phenoxy) is 2. The molecule has 6 nitrogen and oxygen atoms in total. The average Bonchev–Trinajstić information content (AvgIpc) is 3.03. The Balaban J connectivity index is 1.55. The molecule has 0 saturated carbocycles. The molecular weight excluding hydrogens is 344 g/mol. The molecule has 0 aliphatic carbocycles. The van der Waals surface area contributed by atoms with Crippen LogP contribution in [0.3, 0.4) is 0 Å². The van der Waals surface area contributed by atoms with Crippen LogP contribution in [0.25, 0.3) is 11.1 Å². The first-order valence-electron chi connectivity index (χ1n) is 9.23. The number of nitrogens with zero attached hydrogens (tertiary/aromatic N) is 2. The third kappa shape index (κ3) is 3.45. The molecule has 1 aliphatic heterocycles. The van der Waals surface area contributed by atoms with E-state index in [0.717, 1.165) is 55.1 Å². The monoisotopic (exact) mass is 368 g/mol. The summed E-state index contributed by atoms with van der Waals surface area (Å²) in [6, 6.07) is 13.8. The van der Waals surface area contributed by atoms with Crippen LogP contribution in [0.4, 0.5) is 0 Å². The first-order chi connectivity index (χ1) is 13.2. The maximum atomic E-state index is 12.4. The summed E-state index contributed by atoms with van der Waals surface area (Å²) in [4.78, 5) is 14.8. The summed E-state index contributed by atoms with van der Waals surface area (Å²) in [7, 11) is 3.29. The Bertz CT molecular complexity index is 991. The van der Waals surface area contributed by atoms with Crippen molar-refractivity contribution in [2.45, 2.75) is 25.4 Å². The van der Waals surface area contributed by atoms with Crippen LogP contribution < -0.4 is 15.2 Å². The van der Waals surface area contributed by atoms with Crippen LogP contribution in [-0.4, -0.2) is 36.8 Å². The van der Waals surface area contributed by atoms with Crippen molar-refractivity contribution >= 4 is 11.1 Å². The zero-order valence-electron chi connectivity index (χ0n) is 15.7. The third-order valence-corrected chi connectivity index (χ3v) is 5.22. The van der Waals surface area contributed by atoms with Crippen LogP contribution >= 0.6 is 0 Å². The molecule has 1 atom stereocenters. The van der Waals surface area contributed by atoms with E-state index < -0.39 is 0 Å². The number of methoxy groups -OCH3 is 2. The van der Waals surface area contributed by atoms with Gasteiger partial charge < -0.3 is 13.9 Å². The third-order valence-electron chi connectivity index (χ3n) is 5.22. The van der Waals surface area contributed by atoms with E-state index in [1.807, 2.05) is 41.0 Å². The second kappa shape index (κ2) is 7.48. The van der Waals surface area contributed by atoms with Gasteiger partial charge in [0, 0.05) is 13.1 Å². The highest BCUT2D eigenvalue weighted by molar-refractivity contribution is 5.72. The van der Waals surface area contributed by atoms with Crippen LogP contribution in [0.15, 0.2) is 51.7 Å². The van der Waals surface area contributed by atoms with Crippen molar-refractivity contribution in [1.29, 1.82) is 0 Å². The van der Waals surface area contributed by atoms with E-state index in [-0.39, 0.29) is 11.8 Å². The molecule has 0 amide bonds. The van der Waals surface area contributed by atoms with Gasteiger partial charge in [-0.3, -0.25) is 9.47 Å². The number of aromatic nitrogens is 1. The minimum atomic E-state index is -0.269. The van der Waals surface area contributed by atoms with Crippen molar-refractivity contribution in [2.24, 2.45) is 0 Å². The van der Waals surface area contributed by atoms with Crippen LogP contribution in [0.5, 0.6) is 11.5 Å². The number of rotatable bonds is 5. The van der Waals surface area contributed by atoms with Crippen molar-refractivity contribution in [2.75, 3.05) is 27.3 Å². The standard InChI is InChI=1S/C21H24N2O4/c1-25-19-10-9-15(12-20(19)26-2)13-22-11-5-6-16(14-22)23-17-7-3-4-8-18(17)27-21(23)24/h3-4,7-10,12,16H,5-6,11,13-14H2,1-2H3. The van der Waals surface area contributed by atoms with Crippen molar-refractivity contribution in [3.05, 3.63) is 58.6 Å². The Labute approximate surface area is 157 Å². The maximum absolute atomic E-state index is 12.4. The molecule has 142 valence electrons. The first-order valence-corrected chi connectivity index (χ1v) is 9.23. The van der Waals surface area contributed by atoms with Crippen LogP contribution in [-0.2, 0) is 6.54 Å². The van der Waals surface area contributed by atoms with Crippen LogP contribution in [0.2, 0.25) is 0 Å². The molecule has 27 heavy (non-hydrogen) atoms. The highest BCUT2D eigenvalue weighted by Crippen LogP contribution is 2.30. The fourth-order valence-corrected chi connectivity index (χ4v) is 3.95. The number of fused-ring (bicyclic) bond motifs is 1. The van der Waals surface area contributed by atoms with E-state index in [4.69, 9.17) is 13.9 Å². The molecule has 0 bridgehead atoms. The summed E-state index contributed by atoms with van der Waals surface area (Å²) in [5, 5.41) is 0. The van der Waals surface area contributed by atoms with Crippen LogP contribution in [0, 0.1) is 0 Å². The number of hydrogen-bond acceptors (Lipinski definition) is 5. The number of para-hydroxylation sites is 2. The molecule has 1 saturated heterocycles. The molecule has 1 fully saturated rings. The Morgan fingerprint density at radius 2 is 1.93 bits per heavy atom. The van der Waals surface area contributed by atoms with E-state index in [9.17, 15) is 4.79 Å². The minimum absolute atomic E-state index is 0.120. The molecule has 0 spiro atoms. The summed E-state index contributed by atoms with van der Waals surface area (Å²) in [5.41, 5.74) is 2.69. The van der Waals surface area contributed by atoms with Crippen molar-refractivity contribution in [1.82, 2.24) is 9.47 Å². The molecule has 1 aromatic heterocycles. The predicted octanol–water partition coefficient (Wildman–Crippen LogP) is 3.45. The van der Waals surface area contributed by atoms with E-state index in [0.29, 0.717) is 5.58 Å². The van der Waals surface area contributed by atoms with Gasteiger partial charge in [-0.05, 0) is 49.2 Å². The Morgan fingerprint density at radius 1 is 1.11 bits per heavy atom. The molecular formula is C21H24N2O4. The first kappa shape index (κ1) is 17.7. The minimum Gasteiger partial charge on any atom is -0.493 e. The van der Waals surface area contributed by atoms with E-state index >= 15 is 0 Å². The van der Waals surface area contributed by atoms with Crippen molar-refractivity contribution in [3.63, 3.8) is 0 Å². The summed E-state index contributed by atoms with van der Waals surface area (Å²) >= 11 is 0. The summed E-state index contributed by atoms with van der Waals surface area (Å²) in [5.74, 6) is 1.20. The van der Waals surface area contributed by atoms with Gasteiger partial charge in [-0.25, -0.2) is 4.79 Å². The zero-order valence-corrected chi connectivity index (χ0v) is 15.7. The lowest BCUT2D eigenvalue weighted by atomic mass is 10.0. The van der Waals surface area contributed by atoms with Gasteiger partial charge in [0.2, 0.25) is 0 Å². The average molecular weight is 368 g/mol. The number of hydrogen-bond donors (Lipinski definition) is 0. The number of likely N-dealkylation sites (tertiary alicyclic amines) is 1. The Kier molecular flexibility index (Phi) is 4.90. The summed E-state index contributed by atoms with van der Waals surface area (Å²) in [6.07, 6.45) is 2.02. The maximum Gasteiger partial charge on any atom is 0.420 e. The largest absolute Gasteiger partial charge is 0.493 e. The Morgan fingerprint density at radius 3 is 2.74 bits per heavy atom. The smallest absolute Gasteiger partial charge is 0.420 e. The highest BCUT2D eigenvalue weighted by Gasteiger charge is 2.25. The molecule has 2 aromatic carbocycles. The predicted molar refractivity (Wildman–Crippen MR) is 104 cm³/mol. The van der Waals surface area contributed by atoms with Gasteiger partial charge in [0.1, 0.15) is 0 Å². The second-order valence-corrected chi connectivity index (χ2v) is 6.93. The zero-order chi connectivity index (χ0) is 18.8. The second-order valence-electron chi connectivity index (χ2n) is 6.93. The molecule has 4 rings (SSSR count). The fourth-order valence-electron chi connectivity index (χ4n) is 3.95. The molecule has 3 aromatic rings. The van der Waals surface area contributed by atoms with E-state index in [1.54, 1.807) is 14.2 Å². The van der Waals surface area contributed by atoms with Crippen molar-refractivity contribution < 1.29 is 13.9 Å². The topological polar surface area (TPSA) is 56.8 Å². The highest BCUT2D eigenvalue weighted by atomic mass is 16.5. The molecule has 2 heterocycles. The van der Waals surface area contributed by atoms with Crippen molar-refractivity contribution in [3.8, 4) is 11.5 Å². The number of oxazole rings is 1. The van der Waals surface area contributed by atoms with Gasteiger partial charge in [-0.15, -0.1) is 0 Å². The number of piperidine rings is 1. The molecule has 0 radical (unpaired) electrons. The molecule has 1 aliphatic rings. The molecule has 0 N–H and O–H groups in total. The van der Waals surface area contributed by atoms with E-state index in [2.05, 4.69) is 11.0 Å². The molecule has 1 unspecified atom stereocenters. The quantitative estimate of drug-likeness (QED) is 0.690. The molecule has 6 heteroatoms. The summed E-state index contributed by atoms with van der Waals surface area (Å²) in [6.45, 7) is 2.63. The van der Waals surface area contributed by atoms with E-state index in [1.165, 1.54) is 0 Å². The lowest BCUT2D eigenvalue weighted by Crippen LogP contribution is -2.38. The van der Waals surface area contributed by atoms with Gasteiger partial charge in [0.25, 0.3) is 0 Å². The van der Waals surface area contributed by atoms with Gasteiger partial charge in [0.05, 0.1) is 25.8 Å². The lowest BCUT2D eigenvalue weighted by Gasteiger charge is -2.33. The number of benzene rings is 2. The normalized spacial score (nSPS) is 17.9.